The van der Waals surface area contributed by atoms with Crippen molar-refractivity contribution in [3.63, 3.8) is 0 Å². The summed E-state index contributed by atoms with van der Waals surface area (Å²) in [6.45, 7) is 5.32. The van der Waals surface area contributed by atoms with Gasteiger partial charge in [-0.15, -0.1) is 0 Å². The number of imidazole rings is 1. The normalized spacial score (nSPS) is 15.5. The molecule has 4 rings (SSSR count). The number of piperazine rings is 1. The van der Waals surface area contributed by atoms with Crippen LogP contribution in [0.15, 0.2) is 53.7 Å². The molecule has 0 aliphatic carbocycles. The van der Waals surface area contributed by atoms with E-state index in [0.29, 0.717) is 0 Å². The maximum Gasteiger partial charge on any atom is 0.166 e. The lowest BCUT2D eigenvalue weighted by molar-refractivity contribution is 0.272. The number of H-pyrrole nitrogens is 1. The zero-order valence-electron chi connectivity index (χ0n) is 15.0. The molecule has 0 radical (unpaired) electrons. The number of benzene rings is 2. The van der Waals surface area contributed by atoms with Gasteiger partial charge >= 0.3 is 0 Å². The molecule has 0 saturated carbocycles. The van der Waals surface area contributed by atoms with Crippen LogP contribution in [0.4, 0.5) is 5.69 Å². The number of aromatic amines is 1. The van der Waals surface area contributed by atoms with Gasteiger partial charge in [0.25, 0.3) is 0 Å². The smallest absolute Gasteiger partial charge is 0.166 e. The van der Waals surface area contributed by atoms with Crippen LogP contribution < -0.4 is 9.64 Å². The van der Waals surface area contributed by atoms with Crippen LogP contribution in [0, 0.1) is 0 Å². The largest absolute Gasteiger partial charge is 0.495 e. The Balaban J connectivity index is 1.26. The molecule has 0 amide bonds. The molecule has 1 saturated heterocycles. The van der Waals surface area contributed by atoms with Crippen LogP contribution in [0.25, 0.3) is 11.0 Å². The molecule has 1 N–H and O–H groups in total. The Morgan fingerprint density at radius 2 is 1.81 bits per heavy atom. The molecule has 1 aliphatic rings. The molecule has 26 heavy (non-hydrogen) atoms. The van der Waals surface area contributed by atoms with Gasteiger partial charge in [-0.1, -0.05) is 36.0 Å². The third-order valence-corrected chi connectivity index (χ3v) is 5.67. The first kappa shape index (κ1) is 17.2. The second-order valence-electron chi connectivity index (χ2n) is 6.41. The Morgan fingerprint density at radius 1 is 1.04 bits per heavy atom. The van der Waals surface area contributed by atoms with Crippen molar-refractivity contribution in [1.29, 1.82) is 0 Å². The Kier molecular flexibility index (Phi) is 5.32. The highest BCUT2D eigenvalue weighted by Crippen LogP contribution is 2.28. The van der Waals surface area contributed by atoms with E-state index < -0.39 is 0 Å². The molecule has 0 bridgehead atoms. The number of ether oxygens (including phenoxy) is 1. The van der Waals surface area contributed by atoms with Crippen molar-refractivity contribution in [2.45, 2.75) is 5.16 Å². The van der Waals surface area contributed by atoms with Gasteiger partial charge in [0.05, 0.1) is 23.8 Å². The van der Waals surface area contributed by atoms with Gasteiger partial charge in [0, 0.05) is 38.5 Å². The molecule has 3 aromatic rings. The fraction of sp³-hybridized carbons (Fsp3) is 0.350. The summed E-state index contributed by atoms with van der Waals surface area (Å²) in [5.41, 5.74) is 3.35. The summed E-state index contributed by atoms with van der Waals surface area (Å²) in [6, 6.07) is 16.5. The van der Waals surface area contributed by atoms with Crippen molar-refractivity contribution >= 4 is 28.5 Å². The summed E-state index contributed by atoms with van der Waals surface area (Å²) in [6.07, 6.45) is 0. The lowest BCUT2D eigenvalue weighted by Gasteiger charge is -2.36. The maximum absolute atomic E-state index is 5.50. The van der Waals surface area contributed by atoms with Crippen molar-refractivity contribution in [2.75, 3.05) is 50.5 Å². The zero-order valence-corrected chi connectivity index (χ0v) is 15.8. The molecule has 0 atom stereocenters. The maximum atomic E-state index is 5.50. The highest BCUT2D eigenvalue weighted by Gasteiger charge is 2.19. The number of fused-ring (bicyclic) bond motifs is 1. The Hall–Kier alpha value is -2.18. The highest BCUT2D eigenvalue weighted by molar-refractivity contribution is 7.99. The molecule has 136 valence electrons. The van der Waals surface area contributed by atoms with Gasteiger partial charge in [-0.25, -0.2) is 4.98 Å². The SMILES string of the molecule is COc1ccccc1N1CCN(CCSc2nc3ccccc3[nH]2)CC1. The van der Waals surface area contributed by atoms with E-state index in [1.54, 1.807) is 18.9 Å². The number of nitrogens with zero attached hydrogens (tertiary/aromatic N) is 3. The summed E-state index contributed by atoms with van der Waals surface area (Å²) >= 11 is 1.80. The van der Waals surface area contributed by atoms with E-state index in [1.807, 2.05) is 30.3 Å². The summed E-state index contributed by atoms with van der Waals surface area (Å²) < 4.78 is 5.50. The first-order valence-electron chi connectivity index (χ1n) is 9.01. The summed E-state index contributed by atoms with van der Waals surface area (Å²) in [5, 5.41) is 1.01. The molecule has 1 aliphatic heterocycles. The average molecular weight is 369 g/mol. The lowest BCUT2D eigenvalue weighted by atomic mass is 10.2. The lowest BCUT2D eigenvalue weighted by Crippen LogP contribution is -2.47. The van der Waals surface area contributed by atoms with E-state index in [1.165, 1.54) is 5.69 Å². The van der Waals surface area contributed by atoms with E-state index >= 15 is 0 Å². The Bertz CT molecular complexity index is 825. The van der Waals surface area contributed by atoms with E-state index in [9.17, 15) is 0 Å². The number of rotatable bonds is 6. The van der Waals surface area contributed by atoms with E-state index in [2.05, 4.69) is 38.0 Å². The van der Waals surface area contributed by atoms with Crippen LogP contribution in [-0.4, -0.2) is 60.5 Å². The van der Waals surface area contributed by atoms with Crippen LogP contribution in [0.5, 0.6) is 5.75 Å². The van der Waals surface area contributed by atoms with Crippen LogP contribution >= 0.6 is 11.8 Å². The second-order valence-corrected chi connectivity index (χ2v) is 7.49. The third-order valence-electron chi connectivity index (χ3n) is 4.81. The minimum absolute atomic E-state index is 0.960. The van der Waals surface area contributed by atoms with Crippen molar-refractivity contribution in [2.24, 2.45) is 0 Å². The highest BCUT2D eigenvalue weighted by atomic mass is 32.2. The van der Waals surface area contributed by atoms with Crippen LogP contribution in [0.2, 0.25) is 0 Å². The van der Waals surface area contributed by atoms with Crippen LogP contribution in [0.1, 0.15) is 0 Å². The van der Waals surface area contributed by atoms with Gasteiger partial charge in [-0.05, 0) is 24.3 Å². The number of hydrogen-bond acceptors (Lipinski definition) is 5. The summed E-state index contributed by atoms with van der Waals surface area (Å²) in [4.78, 5) is 13.0. The molecule has 1 fully saturated rings. The predicted molar refractivity (Wildman–Crippen MR) is 108 cm³/mol. The van der Waals surface area contributed by atoms with Gasteiger partial charge in [-0.3, -0.25) is 4.90 Å². The molecular weight excluding hydrogens is 344 g/mol. The van der Waals surface area contributed by atoms with Gasteiger partial charge < -0.3 is 14.6 Å². The van der Waals surface area contributed by atoms with Crippen LogP contribution in [-0.2, 0) is 0 Å². The van der Waals surface area contributed by atoms with Crippen LogP contribution in [0.3, 0.4) is 0 Å². The van der Waals surface area contributed by atoms with Crippen molar-refractivity contribution in [1.82, 2.24) is 14.9 Å². The molecule has 2 aromatic carbocycles. The monoisotopic (exact) mass is 368 g/mol. The quantitative estimate of drug-likeness (QED) is 0.675. The van der Waals surface area contributed by atoms with Gasteiger partial charge in [0.1, 0.15) is 5.75 Å². The van der Waals surface area contributed by atoms with E-state index in [-0.39, 0.29) is 0 Å². The number of thioether (sulfide) groups is 1. The Labute approximate surface area is 158 Å². The molecule has 6 heteroatoms. The minimum Gasteiger partial charge on any atom is -0.495 e. The number of nitrogens with one attached hydrogen (secondary N) is 1. The fourth-order valence-electron chi connectivity index (χ4n) is 3.37. The van der Waals surface area contributed by atoms with Crippen molar-refractivity contribution in [3.8, 4) is 5.75 Å². The molecule has 0 unspecified atom stereocenters. The Morgan fingerprint density at radius 3 is 2.62 bits per heavy atom. The molecular formula is C20H24N4OS. The first-order valence-corrected chi connectivity index (χ1v) is 10.00. The minimum atomic E-state index is 0.960. The number of anilines is 1. The standard InChI is InChI=1S/C20H24N4OS/c1-25-19-9-5-4-8-18(19)24-12-10-23(11-13-24)14-15-26-20-21-16-6-2-3-7-17(16)22-20/h2-9H,10-15H2,1H3,(H,21,22). The van der Waals surface area contributed by atoms with Gasteiger partial charge in [-0.2, -0.15) is 0 Å². The van der Waals surface area contributed by atoms with Gasteiger partial charge in [0.15, 0.2) is 5.16 Å². The number of aromatic nitrogens is 2. The van der Waals surface area contributed by atoms with Gasteiger partial charge in [0.2, 0.25) is 0 Å². The predicted octanol–water partition coefficient (Wildman–Crippen LogP) is 3.49. The summed E-state index contributed by atoms with van der Waals surface area (Å²) in [7, 11) is 1.74. The average Bonchev–Trinajstić information content (AvgIpc) is 3.11. The first-order chi connectivity index (χ1) is 12.8. The number of methoxy groups -OCH3 is 1. The molecule has 2 heterocycles. The van der Waals surface area contributed by atoms with Crippen molar-refractivity contribution in [3.05, 3.63) is 48.5 Å². The number of hydrogen-bond donors (Lipinski definition) is 1. The topological polar surface area (TPSA) is 44.4 Å². The molecule has 0 spiro atoms. The van der Waals surface area contributed by atoms with E-state index in [4.69, 9.17) is 4.74 Å². The third kappa shape index (κ3) is 3.81. The van der Waals surface area contributed by atoms with E-state index in [0.717, 1.165) is 60.4 Å². The zero-order chi connectivity index (χ0) is 17.8. The van der Waals surface area contributed by atoms with Crippen molar-refractivity contribution < 1.29 is 4.74 Å². The summed E-state index contributed by atoms with van der Waals surface area (Å²) in [5.74, 6) is 2.01. The second kappa shape index (κ2) is 8.01. The molecule has 1 aromatic heterocycles. The fourth-order valence-corrected chi connectivity index (χ4v) is 4.26. The number of para-hydroxylation sites is 4. The molecule has 5 nitrogen and oxygen atoms in total.